The number of hydrogen-bond acceptors (Lipinski definition) is 4. The van der Waals surface area contributed by atoms with E-state index in [0.29, 0.717) is 0 Å². The molecule has 98 valence electrons. The highest BCUT2D eigenvalue weighted by molar-refractivity contribution is 6.02. The molecule has 0 saturated carbocycles. The van der Waals surface area contributed by atoms with E-state index in [4.69, 9.17) is 5.26 Å². The molecule has 0 fully saturated rings. The number of ether oxygens (including phenoxy) is 1. The Labute approximate surface area is 112 Å². The maximum atomic E-state index is 12.2. The zero-order chi connectivity index (χ0) is 14.3. The summed E-state index contributed by atoms with van der Waals surface area (Å²) >= 11 is 0. The third-order valence-electron chi connectivity index (χ3n) is 2.76. The van der Waals surface area contributed by atoms with E-state index in [1.54, 1.807) is 18.2 Å². The van der Waals surface area contributed by atoms with Gasteiger partial charge in [0.05, 0.1) is 5.92 Å². The molecular weight excluding hydrogens is 242 g/mol. The van der Waals surface area contributed by atoms with Crippen LogP contribution in [-0.2, 0) is 14.3 Å². The van der Waals surface area contributed by atoms with Crippen LogP contribution >= 0.6 is 0 Å². The van der Waals surface area contributed by atoms with Crippen molar-refractivity contribution in [3.63, 3.8) is 0 Å². The number of nitriles is 1. The molecule has 0 aliphatic heterocycles. The summed E-state index contributed by atoms with van der Waals surface area (Å²) in [6.45, 7) is 4.76. The fourth-order valence-electron chi connectivity index (χ4n) is 1.69. The van der Waals surface area contributed by atoms with Crippen molar-refractivity contribution in [1.82, 2.24) is 0 Å². The minimum Gasteiger partial charge on any atom is -0.450 e. The fourth-order valence-corrected chi connectivity index (χ4v) is 1.69. The summed E-state index contributed by atoms with van der Waals surface area (Å²) in [6.07, 6.45) is 1.51. The van der Waals surface area contributed by atoms with E-state index in [0.717, 1.165) is 5.56 Å². The molecule has 0 radical (unpaired) electrons. The van der Waals surface area contributed by atoms with Crippen LogP contribution in [0.3, 0.4) is 0 Å². The molecule has 19 heavy (non-hydrogen) atoms. The molecular formula is C15H15NO3. The molecule has 1 rings (SSSR count). The molecule has 2 unspecified atom stereocenters. The second-order valence-corrected chi connectivity index (χ2v) is 4.01. The second-order valence-electron chi connectivity index (χ2n) is 4.01. The lowest BCUT2D eigenvalue weighted by Crippen LogP contribution is -2.27. The van der Waals surface area contributed by atoms with Crippen molar-refractivity contribution in [3.05, 3.63) is 48.6 Å². The van der Waals surface area contributed by atoms with Crippen LogP contribution in [0.1, 0.15) is 18.4 Å². The van der Waals surface area contributed by atoms with Crippen LogP contribution in [0.5, 0.6) is 0 Å². The van der Waals surface area contributed by atoms with Crippen molar-refractivity contribution >= 4 is 11.8 Å². The Balaban J connectivity index is 2.83. The first kappa shape index (κ1) is 14.7. The normalized spacial score (nSPS) is 12.8. The number of ketones is 1. The maximum Gasteiger partial charge on any atom is 0.317 e. The van der Waals surface area contributed by atoms with Gasteiger partial charge in [-0.1, -0.05) is 36.4 Å². The number of esters is 1. The van der Waals surface area contributed by atoms with Gasteiger partial charge in [0.25, 0.3) is 0 Å². The number of hydrogen-bond donors (Lipinski definition) is 0. The van der Waals surface area contributed by atoms with E-state index in [1.807, 2.05) is 18.2 Å². The number of allylic oxidation sites excluding steroid dienone is 1. The van der Waals surface area contributed by atoms with Gasteiger partial charge in [0, 0.05) is 0 Å². The van der Waals surface area contributed by atoms with Gasteiger partial charge in [-0.2, -0.15) is 5.26 Å². The van der Waals surface area contributed by atoms with Crippen LogP contribution in [0.2, 0.25) is 0 Å². The number of nitrogens with zero attached hydrogens (tertiary/aromatic N) is 1. The molecule has 1 aromatic carbocycles. The number of Topliss-reactive ketones (excluding diaryl/α,β-unsaturated/α-hetero) is 1. The van der Waals surface area contributed by atoms with Crippen molar-refractivity contribution in [3.8, 4) is 6.07 Å². The number of rotatable bonds is 6. The Morgan fingerprint density at radius 3 is 2.58 bits per heavy atom. The number of carbonyl (C=O) groups excluding carboxylic acids is 2. The quantitative estimate of drug-likeness (QED) is 0.445. The molecule has 0 spiro atoms. The minimum absolute atomic E-state index is 0.288. The summed E-state index contributed by atoms with van der Waals surface area (Å²) in [5, 5.41) is 8.34. The van der Waals surface area contributed by atoms with E-state index < -0.39 is 17.8 Å². The fraction of sp³-hybridized carbons (Fsp3) is 0.267. The zero-order valence-electron chi connectivity index (χ0n) is 10.7. The molecule has 0 amide bonds. The second kappa shape index (κ2) is 7.12. The van der Waals surface area contributed by atoms with Crippen molar-refractivity contribution in [1.29, 1.82) is 5.26 Å². The zero-order valence-corrected chi connectivity index (χ0v) is 10.7. The van der Waals surface area contributed by atoms with Gasteiger partial charge in [0.15, 0.2) is 12.4 Å². The van der Waals surface area contributed by atoms with Crippen molar-refractivity contribution in [2.75, 3.05) is 6.61 Å². The molecule has 0 N–H and O–H groups in total. The minimum atomic E-state index is -0.920. The molecule has 1 aromatic rings. The Morgan fingerprint density at radius 2 is 2.05 bits per heavy atom. The first-order valence-electron chi connectivity index (χ1n) is 5.86. The van der Waals surface area contributed by atoms with Gasteiger partial charge in [0.2, 0.25) is 0 Å². The molecule has 0 aliphatic rings. The predicted molar refractivity (Wildman–Crippen MR) is 70.1 cm³/mol. The van der Waals surface area contributed by atoms with E-state index >= 15 is 0 Å². The smallest absolute Gasteiger partial charge is 0.317 e. The highest BCUT2D eigenvalue weighted by Gasteiger charge is 2.29. The first-order chi connectivity index (χ1) is 9.11. The molecule has 4 nitrogen and oxygen atoms in total. The maximum absolute atomic E-state index is 12.2. The highest BCUT2D eigenvalue weighted by Crippen LogP contribution is 2.22. The molecule has 0 aromatic heterocycles. The van der Waals surface area contributed by atoms with Crippen molar-refractivity contribution < 1.29 is 14.3 Å². The molecule has 0 aliphatic carbocycles. The van der Waals surface area contributed by atoms with Crippen LogP contribution in [-0.4, -0.2) is 18.4 Å². The van der Waals surface area contributed by atoms with Gasteiger partial charge in [-0.3, -0.25) is 9.59 Å². The molecule has 4 heteroatoms. The van der Waals surface area contributed by atoms with Crippen LogP contribution < -0.4 is 0 Å². The van der Waals surface area contributed by atoms with E-state index in [2.05, 4.69) is 11.3 Å². The van der Waals surface area contributed by atoms with E-state index in [1.165, 1.54) is 13.0 Å². The molecule has 2 atom stereocenters. The van der Waals surface area contributed by atoms with Gasteiger partial charge >= 0.3 is 5.97 Å². The largest absolute Gasteiger partial charge is 0.450 e. The molecule has 0 bridgehead atoms. The average Bonchev–Trinajstić information content (AvgIpc) is 2.45. The lowest BCUT2D eigenvalue weighted by atomic mass is 9.88. The third kappa shape index (κ3) is 3.78. The Hall–Kier alpha value is -2.41. The summed E-state index contributed by atoms with van der Waals surface area (Å²) in [4.78, 5) is 23.8. The van der Waals surface area contributed by atoms with Crippen molar-refractivity contribution in [2.45, 2.75) is 12.8 Å². The van der Waals surface area contributed by atoms with Crippen molar-refractivity contribution in [2.24, 2.45) is 5.92 Å². The van der Waals surface area contributed by atoms with Gasteiger partial charge in [-0.15, -0.1) is 6.58 Å². The summed E-state index contributed by atoms with van der Waals surface area (Å²) in [7, 11) is 0. The third-order valence-corrected chi connectivity index (χ3v) is 2.76. The summed E-state index contributed by atoms with van der Waals surface area (Å²) in [5.74, 6) is -2.44. The average molecular weight is 257 g/mol. The van der Waals surface area contributed by atoms with Crippen LogP contribution in [0.4, 0.5) is 0 Å². The van der Waals surface area contributed by atoms with Gasteiger partial charge < -0.3 is 4.74 Å². The van der Waals surface area contributed by atoms with Crippen LogP contribution in [0, 0.1) is 17.2 Å². The Kier molecular flexibility index (Phi) is 5.49. The van der Waals surface area contributed by atoms with Gasteiger partial charge in [-0.05, 0) is 12.5 Å². The van der Waals surface area contributed by atoms with E-state index in [-0.39, 0.29) is 12.4 Å². The first-order valence-corrected chi connectivity index (χ1v) is 5.86. The van der Waals surface area contributed by atoms with Crippen LogP contribution in [0.15, 0.2) is 43.0 Å². The standard InChI is InChI=1S/C15H15NO3/c1-3-13(12-7-5-4-6-8-12)14(17)11(2)15(18)19-10-9-16/h3-8,11,13H,1,10H2,2H3. The molecule has 0 heterocycles. The van der Waals surface area contributed by atoms with E-state index in [9.17, 15) is 9.59 Å². The van der Waals surface area contributed by atoms with Crippen LogP contribution in [0.25, 0.3) is 0 Å². The SMILES string of the molecule is C=CC(C(=O)C(C)C(=O)OCC#N)c1ccccc1. The van der Waals surface area contributed by atoms with Gasteiger partial charge in [0.1, 0.15) is 12.0 Å². The number of benzene rings is 1. The summed E-state index contributed by atoms with van der Waals surface area (Å²) in [6, 6.07) is 10.8. The highest BCUT2D eigenvalue weighted by atomic mass is 16.5. The van der Waals surface area contributed by atoms with Gasteiger partial charge in [-0.25, -0.2) is 0 Å². The predicted octanol–water partition coefficient (Wildman–Crippen LogP) is 2.23. The monoisotopic (exact) mass is 257 g/mol. The number of carbonyl (C=O) groups is 2. The summed E-state index contributed by atoms with van der Waals surface area (Å²) < 4.78 is 4.65. The summed E-state index contributed by atoms with van der Waals surface area (Å²) in [5.41, 5.74) is 0.780. The lowest BCUT2D eigenvalue weighted by molar-refractivity contribution is -0.150. The topological polar surface area (TPSA) is 67.2 Å². The molecule has 0 saturated heterocycles. The Morgan fingerprint density at radius 1 is 1.42 bits per heavy atom. The Bertz CT molecular complexity index is 502. The lowest BCUT2D eigenvalue weighted by Gasteiger charge is -2.15.